The Kier molecular flexibility index (Phi) is 4.05. The molecule has 58 valence electrons. The highest BCUT2D eigenvalue weighted by molar-refractivity contribution is 5.29. The van der Waals surface area contributed by atoms with Crippen molar-refractivity contribution in [1.82, 2.24) is 0 Å². The Labute approximate surface area is 63.1 Å². The van der Waals surface area contributed by atoms with Crippen molar-refractivity contribution < 1.29 is 5.11 Å². The van der Waals surface area contributed by atoms with E-state index in [4.69, 9.17) is 5.11 Å². The SMILES string of the molecule is C=C(/C(=C\C)CO)C(C)C. The van der Waals surface area contributed by atoms with E-state index in [2.05, 4.69) is 20.4 Å². The Balaban J connectivity index is 4.18. The second-order valence-electron chi connectivity index (χ2n) is 2.65. The van der Waals surface area contributed by atoms with E-state index in [0.717, 1.165) is 11.1 Å². The fourth-order valence-electron chi connectivity index (χ4n) is 0.749. The maximum absolute atomic E-state index is 8.82. The largest absolute Gasteiger partial charge is 0.392 e. The van der Waals surface area contributed by atoms with Gasteiger partial charge in [-0.3, -0.25) is 0 Å². The van der Waals surface area contributed by atoms with E-state index >= 15 is 0 Å². The van der Waals surface area contributed by atoms with Gasteiger partial charge in [0.05, 0.1) is 6.61 Å². The minimum atomic E-state index is 0.105. The van der Waals surface area contributed by atoms with Gasteiger partial charge in [0.15, 0.2) is 0 Å². The van der Waals surface area contributed by atoms with Gasteiger partial charge in [0, 0.05) is 0 Å². The predicted molar refractivity (Wildman–Crippen MR) is 44.8 cm³/mol. The lowest BCUT2D eigenvalue weighted by atomic mass is 9.97. The van der Waals surface area contributed by atoms with Gasteiger partial charge in [-0.25, -0.2) is 0 Å². The average molecular weight is 140 g/mol. The summed E-state index contributed by atoms with van der Waals surface area (Å²) in [5.74, 6) is 0.429. The lowest BCUT2D eigenvalue weighted by molar-refractivity contribution is 0.331. The average Bonchev–Trinajstić information content (AvgIpc) is 1.90. The topological polar surface area (TPSA) is 20.2 Å². The van der Waals surface area contributed by atoms with Gasteiger partial charge in [-0.2, -0.15) is 0 Å². The maximum atomic E-state index is 8.82. The summed E-state index contributed by atoms with van der Waals surface area (Å²) in [4.78, 5) is 0. The first-order valence-corrected chi connectivity index (χ1v) is 3.58. The molecule has 0 saturated carbocycles. The van der Waals surface area contributed by atoms with Gasteiger partial charge in [0.1, 0.15) is 0 Å². The molecule has 0 aromatic rings. The Morgan fingerprint density at radius 3 is 2.20 bits per heavy atom. The van der Waals surface area contributed by atoms with Crippen LogP contribution in [0.3, 0.4) is 0 Å². The number of hydrogen-bond acceptors (Lipinski definition) is 1. The molecule has 1 N–H and O–H groups in total. The molecule has 0 amide bonds. The number of aliphatic hydroxyl groups excluding tert-OH is 1. The molecule has 0 saturated heterocycles. The van der Waals surface area contributed by atoms with Crippen LogP contribution in [0.2, 0.25) is 0 Å². The Bertz CT molecular complexity index is 143. The second-order valence-corrected chi connectivity index (χ2v) is 2.65. The van der Waals surface area contributed by atoms with Gasteiger partial charge in [-0.05, 0) is 24.0 Å². The molecule has 0 aliphatic rings. The highest BCUT2D eigenvalue weighted by Crippen LogP contribution is 2.15. The molecule has 10 heavy (non-hydrogen) atoms. The van der Waals surface area contributed by atoms with E-state index in [1.165, 1.54) is 0 Å². The third kappa shape index (κ3) is 2.36. The number of hydrogen-bond donors (Lipinski definition) is 1. The fraction of sp³-hybridized carbons (Fsp3) is 0.556. The zero-order valence-electron chi connectivity index (χ0n) is 7.02. The van der Waals surface area contributed by atoms with Crippen LogP contribution < -0.4 is 0 Å². The highest BCUT2D eigenvalue weighted by atomic mass is 16.3. The van der Waals surface area contributed by atoms with Crippen LogP contribution >= 0.6 is 0 Å². The first-order valence-electron chi connectivity index (χ1n) is 3.58. The van der Waals surface area contributed by atoms with Crippen LogP contribution in [-0.4, -0.2) is 11.7 Å². The molecule has 0 aromatic carbocycles. The van der Waals surface area contributed by atoms with Crippen molar-refractivity contribution >= 4 is 0 Å². The molecule has 0 bridgehead atoms. The normalized spacial score (nSPS) is 12.3. The molecule has 0 rings (SSSR count). The molecular formula is C9H16O. The Morgan fingerprint density at radius 1 is 1.60 bits per heavy atom. The van der Waals surface area contributed by atoms with Gasteiger partial charge < -0.3 is 5.11 Å². The van der Waals surface area contributed by atoms with Crippen molar-refractivity contribution in [2.24, 2.45) is 5.92 Å². The summed E-state index contributed by atoms with van der Waals surface area (Å²) in [6.45, 7) is 10.0. The van der Waals surface area contributed by atoms with Crippen molar-refractivity contribution in [3.8, 4) is 0 Å². The molecule has 0 unspecified atom stereocenters. The second kappa shape index (κ2) is 4.29. The Morgan fingerprint density at radius 2 is 2.10 bits per heavy atom. The molecule has 0 atom stereocenters. The molecule has 0 aliphatic heterocycles. The molecule has 0 aromatic heterocycles. The monoisotopic (exact) mass is 140 g/mol. The standard InChI is InChI=1S/C9H16O/c1-5-9(6-10)8(4)7(2)3/h5,7,10H,4,6H2,1-3H3/b9-5-. The molecule has 0 fully saturated rings. The summed E-state index contributed by atoms with van der Waals surface area (Å²) in [5, 5.41) is 8.82. The van der Waals surface area contributed by atoms with Crippen LogP contribution in [0, 0.1) is 5.92 Å². The van der Waals surface area contributed by atoms with Gasteiger partial charge in [-0.1, -0.05) is 26.5 Å². The lowest BCUT2D eigenvalue weighted by Gasteiger charge is -2.10. The van der Waals surface area contributed by atoms with Crippen LogP contribution in [0.1, 0.15) is 20.8 Å². The first-order chi connectivity index (χ1) is 4.63. The minimum absolute atomic E-state index is 0.105. The molecule has 0 spiro atoms. The fourth-order valence-corrected chi connectivity index (χ4v) is 0.749. The van der Waals surface area contributed by atoms with E-state index in [9.17, 15) is 0 Å². The maximum Gasteiger partial charge on any atom is 0.0681 e. The van der Waals surface area contributed by atoms with E-state index in [1.807, 2.05) is 13.0 Å². The first kappa shape index (κ1) is 9.44. The number of rotatable bonds is 3. The quantitative estimate of drug-likeness (QED) is 0.595. The van der Waals surface area contributed by atoms with E-state index in [1.54, 1.807) is 0 Å². The Hall–Kier alpha value is -0.560. The molecular weight excluding hydrogens is 124 g/mol. The van der Waals surface area contributed by atoms with E-state index < -0.39 is 0 Å². The zero-order valence-corrected chi connectivity index (χ0v) is 7.02. The highest BCUT2D eigenvalue weighted by Gasteiger charge is 2.03. The summed E-state index contributed by atoms with van der Waals surface area (Å²) >= 11 is 0. The van der Waals surface area contributed by atoms with Crippen LogP contribution in [0.5, 0.6) is 0 Å². The summed E-state index contributed by atoms with van der Waals surface area (Å²) < 4.78 is 0. The summed E-state index contributed by atoms with van der Waals surface area (Å²) in [6.07, 6.45) is 1.91. The van der Waals surface area contributed by atoms with Crippen LogP contribution in [0.15, 0.2) is 23.8 Å². The third-order valence-corrected chi connectivity index (χ3v) is 1.63. The van der Waals surface area contributed by atoms with Crippen LogP contribution in [0.4, 0.5) is 0 Å². The lowest BCUT2D eigenvalue weighted by Crippen LogP contribution is -1.99. The van der Waals surface area contributed by atoms with Gasteiger partial charge in [0.25, 0.3) is 0 Å². The van der Waals surface area contributed by atoms with Crippen molar-refractivity contribution in [2.45, 2.75) is 20.8 Å². The molecule has 0 heterocycles. The van der Waals surface area contributed by atoms with Crippen molar-refractivity contribution in [1.29, 1.82) is 0 Å². The zero-order chi connectivity index (χ0) is 8.15. The van der Waals surface area contributed by atoms with Crippen molar-refractivity contribution in [3.63, 3.8) is 0 Å². The third-order valence-electron chi connectivity index (χ3n) is 1.63. The summed E-state index contributed by atoms with van der Waals surface area (Å²) in [7, 11) is 0. The van der Waals surface area contributed by atoms with E-state index in [0.29, 0.717) is 5.92 Å². The van der Waals surface area contributed by atoms with Crippen LogP contribution in [-0.2, 0) is 0 Å². The summed E-state index contributed by atoms with van der Waals surface area (Å²) in [5.41, 5.74) is 1.99. The molecule has 0 aliphatic carbocycles. The molecule has 0 radical (unpaired) electrons. The van der Waals surface area contributed by atoms with E-state index in [-0.39, 0.29) is 6.61 Å². The summed E-state index contributed by atoms with van der Waals surface area (Å²) in [6, 6.07) is 0. The number of allylic oxidation sites excluding steroid dienone is 1. The predicted octanol–water partition coefficient (Wildman–Crippen LogP) is 2.14. The number of aliphatic hydroxyl groups is 1. The van der Waals surface area contributed by atoms with Gasteiger partial charge in [-0.15, -0.1) is 0 Å². The molecule has 1 heteroatoms. The van der Waals surface area contributed by atoms with Crippen molar-refractivity contribution in [2.75, 3.05) is 6.61 Å². The smallest absolute Gasteiger partial charge is 0.0681 e. The van der Waals surface area contributed by atoms with Gasteiger partial charge in [0.2, 0.25) is 0 Å². The van der Waals surface area contributed by atoms with Gasteiger partial charge >= 0.3 is 0 Å². The molecule has 1 nitrogen and oxygen atoms in total. The van der Waals surface area contributed by atoms with Crippen molar-refractivity contribution in [3.05, 3.63) is 23.8 Å². The van der Waals surface area contributed by atoms with Crippen LogP contribution in [0.25, 0.3) is 0 Å². The minimum Gasteiger partial charge on any atom is -0.392 e.